The number of nitrogens with two attached hydrogens (primary N) is 2. The Bertz CT molecular complexity index is 334. The fraction of sp³-hybridized carbons (Fsp3) is 0.867. The molecular weight excluding hydrogens is 268 g/mol. The van der Waals surface area contributed by atoms with Gasteiger partial charge in [0.2, 0.25) is 5.91 Å². The van der Waals surface area contributed by atoms with E-state index in [1.165, 1.54) is 32.1 Å². The van der Waals surface area contributed by atoms with Crippen molar-refractivity contribution in [2.24, 2.45) is 16.5 Å². The number of nitrogens with one attached hydrogen (secondary N) is 1. The number of aliphatic imine (C=N–C) groups is 1. The molecule has 1 fully saturated rings. The lowest BCUT2D eigenvalue weighted by atomic mass is 10.1. The number of primary amides is 1. The molecule has 6 nitrogen and oxygen atoms in total. The van der Waals surface area contributed by atoms with Crippen LogP contribution in [0.4, 0.5) is 0 Å². The number of guanidine groups is 1. The number of nitrogens with zero attached hydrogens (tertiary/aromatic N) is 1. The maximum absolute atomic E-state index is 11.0. The maximum Gasteiger partial charge on any atom is 0.246 e. The number of rotatable bonds is 10. The van der Waals surface area contributed by atoms with Crippen molar-refractivity contribution >= 4 is 11.9 Å². The van der Waals surface area contributed by atoms with E-state index in [2.05, 4.69) is 17.2 Å². The molecule has 5 N–H and O–H groups in total. The van der Waals surface area contributed by atoms with Gasteiger partial charge in [-0.3, -0.25) is 9.79 Å². The zero-order valence-electron chi connectivity index (χ0n) is 13.1. The highest BCUT2D eigenvalue weighted by Gasteiger charge is 2.28. The molecular formula is C15H30N4O2. The summed E-state index contributed by atoms with van der Waals surface area (Å²) in [6, 6.07) is 0. The predicted octanol–water partition coefficient (Wildman–Crippen LogP) is 1.28. The number of amides is 1. The molecule has 1 rings (SSSR count). The van der Waals surface area contributed by atoms with Crippen molar-refractivity contribution in [1.29, 1.82) is 0 Å². The zero-order valence-corrected chi connectivity index (χ0v) is 13.1. The van der Waals surface area contributed by atoms with Crippen molar-refractivity contribution in [2.45, 2.75) is 70.5 Å². The second-order valence-corrected chi connectivity index (χ2v) is 5.65. The summed E-state index contributed by atoms with van der Waals surface area (Å²) in [4.78, 5) is 15.2. The quantitative estimate of drug-likeness (QED) is 0.321. The SMILES string of the molecule is CCCCCCCCNC(N)=NCC1CCC(C(N)=O)O1. The monoisotopic (exact) mass is 298 g/mol. The molecule has 0 bridgehead atoms. The Morgan fingerprint density at radius 2 is 1.90 bits per heavy atom. The van der Waals surface area contributed by atoms with Crippen LogP contribution in [-0.2, 0) is 9.53 Å². The average molecular weight is 298 g/mol. The van der Waals surface area contributed by atoms with E-state index in [1.54, 1.807) is 0 Å². The second kappa shape index (κ2) is 10.4. The minimum absolute atomic E-state index is 0.0445. The third-order valence-corrected chi connectivity index (χ3v) is 3.73. The van der Waals surface area contributed by atoms with E-state index in [0.29, 0.717) is 18.9 Å². The van der Waals surface area contributed by atoms with Gasteiger partial charge in [0.25, 0.3) is 0 Å². The van der Waals surface area contributed by atoms with Crippen molar-refractivity contribution in [1.82, 2.24) is 5.32 Å². The van der Waals surface area contributed by atoms with E-state index in [0.717, 1.165) is 19.4 Å². The molecule has 0 saturated carbocycles. The predicted molar refractivity (Wildman–Crippen MR) is 85.0 cm³/mol. The molecule has 2 atom stereocenters. The van der Waals surface area contributed by atoms with Crippen LogP contribution in [0.3, 0.4) is 0 Å². The van der Waals surface area contributed by atoms with Crippen molar-refractivity contribution in [3.63, 3.8) is 0 Å². The van der Waals surface area contributed by atoms with E-state index < -0.39 is 12.0 Å². The van der Waals surface area contributed by atoms with Crippen molar-refractivity contribution in [2.75, 3.05) is 13.1 Å². The first-order valence-corrected chi connectivity index (χ1v) is 8.12. The maximum atomic E-state index is 11.0. The second-order valence-electron chi connectivity index (χ2n) is 5.65. The molecule has 0 aromatic rings. The van der Waals surface area contributed by atoms with Gasteiger partial charge in [0.1, 0.15) is 6.10 Å². The Kier molecular flexibility index (Phi) is 8.82. The van der Waals surface area contributed by atoms with Gasteiger partial charge in [-0.05, 0) is 19.3 Å². The molecule has 1 heterocycles. The highest BCUT2D eigenvalue weighted by atomic mass is 16.5. The molecule has 0 aromatic heterocycles. The Hall–Kier alpha value is -1.30. The number of hydrogen-bond donors (Lipinski definition) is 3. The number of hydrogen-bond acceptors (Lipinski definition) is 3. The first-order valence-electron chi connectivity index (χ1n) is 8.12. The highest BCUT2D eigenvalue weighted by Crippen LogP contribution is 2.19. The average Bonchev–Trinajstić information content (AvgIpc) is 2.93. The van der Waals surface area contributed by atoms with Crippen LogP contribution in [-0.4, -0.2) is 37.2 Å². The molecule has 1 amide bonds. The summed E-state index contributed by atoms with van der Waals surface area (Å²) in [6.45, 7) is 3.56. The van der Waals surface area contributed by atoms with Gasteiger partial charge < -0.3 is 21.5 Å². The Morgan fingerprint density at radius 3 is 2.57 bits per heavy atom. The first kappa shape index (κ1) is 17.8. The molecule has 1 saturated heterocycles. The smallest absolute Gasteiger partial charge is 0.246 e. The van der Waals surface area contributed by atoms with E-state index in [-0.39, 0.29) is 6.10 Å². The van der Waals surface area contributed by atoms with Crippen molar-refractivity contribution in [3.05, 3.63) is 0 Å². The lowest BCUT2D eigenvalue weighted by Gasteiger charge is -2.10. The molecule has 0 radical (unpaired) electrons. The van der Waals surface area contributed by atoms with E-state index >= 15 is 0 Å². The standard InChI is InChI=1S/C15H30N4O2/c1-2-3-4-5-6-7-10-18-15(17)19-11-12-8-9-13(21-12)14(16)20/h12-13H,2-11H2,1H3,(H2,16,20)(H3,17,18,19). The molecule has 122 valence electrons. The summed E-state index contributed by atoms with van der Waals surface area (Å²) in [5.41, 5.74) is 11.0. The highest BCUT2D eigenvalue weighted by molar-refractivity contribution is 5.79. The summed E-state index contributed by atoms with van der Waals surface area (Å²) in [7, 11) is 0. The summed E-state index contributed by atoms with van der Waals surface area (Å²) in [6.07, 6.45) is 8.54. The summed E-state index contributed by atoms with van der Waals surface area (Å²) >= 11 is 0. The number of ether oxygens (including phenoxy) is 1. The lowest BCUT2D eigenvalue weighted by Crippen LogP contribution is -2.33. The van der Waals surface area contributed by atoms with Gasteiger partial charge in [0.15, 0.2) is 5.96 Å². The topological polar surface area (TPSA) is 103 Å². The minimum Gasteiger partial charge on any atom is -0.370 e. The summed E-state index contributed by atoms with van der Waals surface area (Å²) in [5, 5.41) is 3.11. The molecule has 0 aromatic carbocycles. The molecule has 1 aliphatic rings. The molecule has 0 spiro atoms. The molecule has 2 unspecified atom stereocenters. The molecule has 0 aliphatic carbocycles. The number of carbonyl (C=O) groups is 1. The van der Waals surface area contributed by atoms with E-state index in [1.807, 2.05) is 0 Å². The van der Waals surface area contributed by atoms with Crippen molar-refractivity contribution < 1.29 is 9.53 Å². The Balaban J connectivity index is 2.04. The van der Waals surface area contributed by atoms with Crippen LogP contribution < -0.4 is 16.8 Å². The fourth-order valence-electron chi connectivity index (χ4n) is 2.43. The molecule has 6 heteroatoms. The van der Waals surface area contributed by atoms with Crippen LogP contribution in [0.15, 0.2) is 4.99 Å². The third kappa shape index (κ3) is 7.90. The van der Waals surface area contributed by atoms with Crippen LogP contribution in [0.25, 0.3) is 0 Å². The normalized spacial score (nSPS) is 22.4. The van der Waals surface area contributed by atoms with Crippen LogP contribution in [0.5, 0.6) is 0 Å². The van der Waals surface area contributed by atoms with Crippen LogP contribution in [0.2, 0.25) is 0 Å². The summed E-state index contributed by atoms with van der Waals surface area (Å²) < 4.78 is 5.49. The largest absolute Gasteiger partial charge is 0.370 e. The number of carbonyl (C=O) groups excluding carboxylic acids is 1. The molecule has 21 heavy (non-hydrogen) atoms. The molecule has 1 aliphatic heterocycles. The van der Waals surface area contributed by atoms with E-state index in [9.17, 15) is 4.79 Å². The Labute approximate surface area is 127 Å². The van der Waals surface area contributed by atoms with Gasteiger partial charge in [-0.1, -0.05) is 39.0 Å². The lowest BCUT2D eigenvalue weighted by molar-refractivity contribution is -0.128. The van der Waals surface area contributed by atoms with Gasteiger partial charge in [-0.15, -0.1) is 0 Å². The number of unbranched alkanes of at least 4 members (excludes halogenated alkanes) is 5. The van der Waals surface area contributed by atoms with Gasteiger partial charge >= 0.3 is 0 Å². The van der Waals surface area contributed by atoms with Gasteiger partial charge in [0.05, 0.1) is 12.6 Å². The van der Waals surface area contributed by atoms with Gasteiger partial charge in [-0.25, -0.2) is 0 Å². The van der Waals surface area contributed by atoms with Crippen molar-refractivity contribution in [3.8, 4) is 0 Å². The van der Waals surface area contributed by atoms with Crippen LogP contribution in [0.1, 0.15) is 58.3 Å². The Morgan fingerprint density at radius 1 is 1.19 bits per heavy atom. The summed E-state index contributed by atoms with van der Waals surface area (Å²) in [5.74, 6) is 0.0605. The fourth-order valence-corrected chi connectivity index (χ4v) is 2.43. The third-order valence-electron chi connectivity index (χ3n) is 3.73. The van der Waals surface area contributed by atoms with Gasteiger partial charge in [0, 0.05) is 6.54 Å². The van der Waals surface area contributed by atoms with E-state index in [4.69, 9.17) is 16.2 Å². The van der Waals surface area contributed by atoms with Crippen LogP contribution >= 0.6 is 0 Å². The van der Waals surface area contributed by atoms with Crippen LogP contribution in [0, 0.1) is 0 Å². The minimum atomic E-state index is -0.456. The zero-order chi connectivity index (χ0) is 15.5. The van der Waals surface area contributed by atoms with Gasteiger partial charge in [-0.2, -0.15) is 0 Å². The first-order chi connectivity index (χ1) is 10.1.